The molecule has 1 unspecified atom stereocenters. The zero-order chi connectivity index (χ0) is 10.1. The predicted molar refractivity (Wildman–Crippen MR) is 53.2 cm³/mol. The van der Waals surface area contributed by atoms with Crippen molar-refractivity contribution in [1.82, 2.24) is 4.90 Å². The number of rotatable bonds is 1. The van der Waals surface area contributed by atoms with E-state index in [4.69, 9.17) is 5.73 Å². The average molecular weight is 184 g/mol. The van der Waals surface area contributed by atoms with Crippen molar-refractivity contribution in [3.63, 3.8) is 0 Å². The molecule has 0 radical (unpaired) electrons. The van der Waals surface area contributed by atoms with Gasteiger partial charge in [-0.1, -0.05) is 20.8 Å². The lowest BCUT2D eigenvalue weighted by Crippen LogP contribution is -2.50. The van der Waals surface area contributed by atoms with Crippen molar-refractivity contribution in [3.8, 4) is 0 Å². The van der Waals surface area contributed by atoms with Crippen LogP contribution in [-0.4, -0.2) is 29.9 Å². The van der Waals surface area contributed by atoms with E-state index < -0.39 is 0 Å². The van der Waals surface area contributed by atoms with Gasteiger partial charge >= 0.3 is 0 Å². The highest BCUT2D eigenvalue weighted by Crippen LogP contribution is 2.19. The first kappa shape index (κ1) is 10.5. The quantitative estimate of drug-likeness (QED) is 0.660. The van der Waals surface area contributed by atoms with Gasteiger partial charge in [-0.15, -0.1) is 0 Å². The fourth-order valence-corrected chi connectivity index (χ4v) is 1.70. The SMILES string of the molecule is CC(C)(C)CN1CCCC(N)C1=O. The van der Waals surface area contributed by atoms with E-state index in [1.165, 1.54) is 0 Å². The topological polar surface area (TPSA) is 46.3 Å². The third-order valence-electron chi connectivity index (χ3n) is 2.24. The van der Waals surface area contributed by atoms with Gasteiger partial charge < -0.3 is 10.6 Å². The average Bonchev–Trinajstić information content (AvgIpc) is 1.96. The molecule has 1 rings (SSSR count). The lowest BCUT2D eigenvalue weighted by molar-refractivity contribution is -0.136. The summed E-state index contributed by atoms with van der Waals surface area (Å²) < 4.78 is 0. The summed E-state index contributed by atoms with van der Waals surface area (Å²) in [4.78, 5) is 13.5. The largest absolute Gasteiger partial charge is 0.341 e. The molecule has 2 N–H and O–H groups in total. The maximum Gasteiger partial charge on any atom is 0.239 e. The summed E-state index contributed by atoms with van der Waals surface area (Å²) in [5.41, 5.74) is 5.87. The minimum absolute atomic E-state index is 0.126. The van der Waals surface area contributed by atoms with Crippen LogP contribution in [0.1, 0.15) is 33.6 Å². The lowest BCUT2D eigenvalue weighted by Gasteiger charge is -2.35. The molecule has 1 heterocycles. The second-order valence-corrected chi connectivity index (χ2v) is 5.07. The smallest absolute Gasteiger partial charge is 0.239 e. The van der Waals surface area contributed by atoms with Gasteiger partial charge in [-0.2, -0.15) is 0 Å². The van der Waals surface area contributed by atoms with Crippen LogP contribution in [0.25, 0.3) is 0 Å². The molecular formula is C10H20N2O. The molecule has 13 heavy (non-hydrogen) atoms. The molecule has 0 aromatic heterocycles. The maximum atomic E-state index is 11.6. The number of nitrogens with zero attached hydrogens (tertiary/aromatic N) is 1. The zero-order valence-electron chi connectivity index (χ0n) is 8.84. The molecule has 0 spiro atoms. The van der Waals surface area contributed by atoms with Crippen LogP contribution in [0.15, 0.2) is 0 Å². The molecule has 1 fully saturated rings. The normalized spacial score (nSPS) is 25.1. The number of carbonyl (C=O) groups is 1. The molecule has 1 atom stereocenters. The Morgan fingerprint density at radius 1 is 1.54 bits per heavy atom. The van der Waals surface area contributed by atoms with Crippen molar-refractivity contribution in [2.24, 2.45) is 11.1 Å². The Bertz CT molecular complexity index is 196. The summed E-state index contributed by atoms with van der Waals surface area (Å²) >= 11 is 0. The number of hydrogen-bond acceptors (Lipinski definition) is 2. The molecule has 1 amide bonds. The van der Waals surface area contributed by atoms with E-state index in [0.29, 0.717) is 0 Å². The Kier molecular flexibility index (Phi) is 2.96. The molecule has 0 bridgehead atoms. The van der Waals surface area contributed by atoms with Crippen molar-refractivity contribution in [2.45, 2.75) is 39.7 Å². The van der Waals surface area contributed by atoms with Crippen LogP contribution in [0.2, 0.25) is 0 Å². The summed E-state index contributed by atoms with van der Waals surface area (Å²) in [6.45, 7) is 8.12. The van der Waals surface area contributed by atoms with Crippen molar-refractivity contribution in [3.05, 3.63) is 0 Å². The Morgan fingerprint density at radius 2 is 2.15 bits per heavy atom. The number of amides is 1. The molecule has 1 saturated heterocycles. The molecule has 1 aliphatic rings. The van der Waals surface area contributed by atoms with E-state index in [0.717, 1.165) is 25.9 Å². The number of likely N-dealkylation sites (tertiary alicyclic amines) is 1. The van der Waals surface area contributed by atoms with Crippen molar-refractivity contribution < 1.29 is 4.79 Å². The van der Waals surface area contributed by atoms with Crippen LogP contribution in [0.5, 0.6) is 0 Å². The van der Waals surface area contributed by atoms with E-state index in [-0.39, 0.29) is 17.4 Å². The van der Waals surface area contributed by atoms with Gasteiger partial charge in [-0.25, -0.2) is 0 Å². The van der Waals surface area contributed by atoms with Crippen LogP contribution in [-0.2, 0) is 4.79 Å². The Balaban J connectivity index is 2.54. The monoisotopic (exact) mass is 184 g/mol. The molecular weight excluding hydrogens is 164 g/mol. The first-order valence-corrected chi connectivity index (χ1v) is 4.94. The fourth-order valence-electron chi connectivity index (χ4n) is 1.70. The van der Waals surface area contributed by atoms with Gasteiger partial charge in [0.2, 0.25) is 5.91 Å². The number of carbonyl (C=O) groups excluding carboxylic acids is 1. The van der Waals surface area contributed by atoms with Gasteiger partial charge in [-0.3, -0.25) is 4.79 Å². The van der Waals surface area contributed by atoms with Gasteiger partial charge in [0.15, 0.2) is 0 Å². The highest BCUT2D eigenvalue weighted by atomic mass is 16.2. The number of piperidine rings is 1. The van der Waals surface area contributed by atoms with Crippen LogP contribution in [0.4, 0.5) is 0 Å². The zero-order valence-corrected chi connectivity index (χ0v) is 8.84. The van der Waals surface area contributed by atoms with E-state index >= 15 is 0 Å². The molecule has 0 aromatic carbocycles. The van der Waals surface area contributed by atoms with Crippen LogP contribution >= 0.6 is 0 Å². The van der Waals surface area contributed by atoms with E-state index in [1.807, 2.05) is 4.90 Å². The van der Waals surface area contributed by atoms with Crippen molar-refractivity contribution in [1.29, 1.82) is 0 Å². The Labute approximate surface area is 80.3 Å². The molecule has 3 nitrogen and oxygen atoms in total. The van der Waals surface area contributed by atoms with Crippen LogP contribution in [0.3, 0.4) is 0 Å². The molecule has 1 aliphatic heterocycles. The second kappa shape index (κ2) is 3.66. The van der Waals surface area contributed by atoms with E-state index in [2.05, 4.69) is 20.8 Å². The van der Waals surface area contributed by atoms with Gasteiger partial charge in [-0.05, 0) is 18.3 Å². The van der Waals surface area contributed by atoms with Gasteiger partial charge in [0.1, 0.15) is 0 Å². The summed E-state index contributed by atoms with van der Waals surface area (Å²) in [6, 6.07) is -0.254. The van der Waals surface area contributed by atoms with Crippen LogP contribution in [0, 0.1) is 5.41 Å². The van der Waals surface area contributed by atoms with Gasteiger partial charge in [0.05, 0.1) is 6.04 Å². The summed E-state index contributed by atoms with van der Waals surface area (Å²) in [6.07, 6.45) is 1.89. The van der Waals surface area contributed by atoms with E-state index in [1.54, 1.807) is 0 Å². The molecule has 3 heteroatoms. The van der Waals surface area contributed by atoms with Crippen molar-refractivity contribution >= 4 is 5.91 Å². The highest BCUT2D eigenvalue weighted by molar-refractivity contribution is 5.82. The lowest BCUT2D eigenvalue weighted by atomic mass is 9.94. The molecule has 0 aliphatic carbocycles. The minimum Gasteiger partial charge on any atom is -0.341 e. The second-order valence-electron chi connectivity index (χ2n) is 5.07. The fraction of sp³-hybridized carbons (Fsp3) is 0.900. The Morgan fingerprint density at radius 3 is 2.69 bits per heavy atom. The van der Waals surface area contributed by atoms with Gasteiger partial charge in [0, 0.05) is 13.1 Å². The maximum absolute atomic E-state index is 11.6. The Hall–Kier alpha value is -0.570. The molecule has 0 saturated carbocycles. The van der Waals surface area contributed by atoms with Crippen molar-refractivity contribution in [2.75, 3.05) is 13.1 Å². The highest BCUT2D eigenvalue weighted by Gasteiger charge is 2.28. The van der Waals surface area contributed by atoms with E-state index in [9.17, 15) is 4.79 Å². The summed E-state index contributed by atoms with van der Waals surface area (Å²) in [7, 11) is 0. The molecule has 0 aromatic rings. The minimum atomic E-state index is -0.254. The predicted octanol–water partition coefficient (Wildman–Crippen LogP) is 0.982. The third kappa shape index (κ3) is 2.99. The summed E-state index contributed by atoms with van der Waals surface area (Å²) in [5, 5.41) is 0. The first-order valence-electron chi connectivity index (χ1n) is 4.94. The van der Waals surface area contributed by atoms with Gasteiger partial charge in [0.25, 0.3) is 0 Å². The third-order valence-corrected chi connectivity index (χ3v) is 2.24. The number of hydrogen-bond donors (Lipinski definition) is 1. The number of nitrogens with two attached hydrogens (primary N) is 1. The standard InChI is InChI=1S/C10H20N2O/c1-10(2,3)7-12-6-4-5-8(11)9(12)13/h8H,4-7,11H2,1-3H3. The molecule has 76 valence electrons. The van der Waals surface area contributed by atoms with Crippen LogP contribution < -0.4 is 5.73 Å². The summed E-state index contributed by atoms with van der Waals surface area (Å²) in [5.74, 6) is 0.126. The first-order chi connectivity index (χ1) is 5.90.